The number of fused-ring (bicyclic) bond motifs is 3. The largest absolute Gasteiger partial charge is 0.310 e. The third-order valence-electron chi connectivity index (χ3n) is 9.81. The van der Waals surface area contributed by atoms with Crippen molar-refractivity contribution in [1.82, 2.24) is 0 Å². The maximum absolute atomic E-state index is 2.37. The third kappa shape index (κ3) is 20.5. The molecule has 9 rings (SSSR count). The Morgan fingerprint density at radius 1 is 0.203 bits per heavy atom. The molecule has 0 unspecified atom stereocenters. The summed E-state index contributed by atoms with van der Waals surface area (Å²) in [4.78, 5) is 4.74. The summed E-state index contributed by atoms with van der Waals surface area (Å²) < 4.78 is 0. The molecule has 0 fully saturated rings. The summed E-state index contributed by atoms with van der Waals surface area (Å²) in [5.41, 5.74) is 11.5. The van der Waals surface area contributed by atoms with Crippen molar-refractivity contribution in [2.45, 2.75) is 152 Å². The smallest absolute Gasteiger partial charge is 0.0540 e. The van der Waals surface area contributed by atoms with Gasteiger partial charge in [0.05, 0.1) is 11.4 Å². The molecule has 400 valence electrons. The molecule has 0 aliphatic rings. The highest BCUT2D eigenvalue weighted by molar-refractivity contribution is 6.10. The molecular weight excluding hydrogens is 893 g/mol. The van der Waals surface area contributed by atoms with Crippen molar-refractivity contribution >= 4 is 55.7 Å². The first-order valence-electron chi connectivity index (χ1n) is 28.8. The number of anilines is 6. The molecular formula is C72H102N2. The Bertz CT molecular complexity index is 2430. The quantitative estimate of drug-likeness (QED) is 0.140. The van der Waals surface area contributed by atoms with Crippen molar-refractivity contribution in [3.8, 4) is 22.3 Å². The summed E-state index contributed by atoms with van der Waals surface area (Å²) in [6.07, 6.45) is 0. The molecule has 2 nitrogen and oxygen atoms in total. The highest BCUT2D eigenvalue weighted by Gasteiger charge is 2.19. The minimum atomic E-state index is 1.12. The van der Waals surface area contributed by atoms with Gasteiger partial charge >= 0.3 is 0 Å². The first-order chi connectivity index (χ1) is 36.8. The van der Waals surface area contributed by atoms with E-state index in [0.29, 0.717) is 0 Å². The van der Waals surface area contributed by atoms with Crippen molar-refractivity contribution in [2.24, 2.45) is 0 Å². The molecule has 0 spiro atoms. The van der Waals surface area contributed by atoms with E-state index in [0.717, 1.165) is 34.1 Å². The van der Waals surface area contributed by atoms with E-state index in [2.05, 4.69) is 228 Å². The second-order valence-corrected chi connectivity index (χ2v) is 13.0. The van der Waals surface area contributed by atoms with Crippen molar-refractivity contribution in [1.29, 1.82) is 0 Å². The third-order valence-corrected chi connectivity index (χ3v) is 9.81. The van der Waals surface area contributed by atoms with Gasteiger partial charge in [-0.3, -0.25) is 0 Å². The molecule has 0 aliphatic heterocycles. The van der Waals surface area contributed by atoms with Crippen molar-refractivity contribution in [3.05, 3.63) is 218 Å². The average molecular weight is 996 g/mol. The minimum Gasteiger partial charge on any atom is -0.310 e. The zero-order chi connectivity index (χ0) is 56.7. The normalized spacial score (nSPS) is 8.68. The molecule has 0 aromatic heterocycles. The Balaban J connectivity index is -0.00000204. The second-order valence-electron chi connectivity index (χ2n) is 13.0. The Kier molecular flexibility index (Phi) is 45.4. The van der Waals surface area contributed by atoms with Crippen LogP contribution in [0.3, 0.4) is 0 Å². The molecule has 0 saturated heterocycles. The average Bonchev–Trinajstić information content (AvgIpc) is 3.54. The number of hydrogen-bond donors (Lipinski definition) is 0. The summed E-state index contributed by atoms with van der Waals surface area (Å²) in [6, 6.07) is 78.2. The van der Waals surface area contributed by atoms with E-state index in [9.17, 15) is 0 Å². The number of nitrogens with zero attached hydrogens (tertiary/aromatic N) is 2. The zero-order valence-corrected chi connectivity index (χ0v) is 50.7. The summed E-state index contributed by atoms with van der Waals surface area (Å²) in [7, 11) is 0. The molecule has 0 atom stereocenters. The van der Waals surface area contributed by atoms with Gasteiger partial charge in [0.25, 0.3) is 0 Å². The molecule has 74 heavy (non-hydrogen) atoms. The predicted octanol–water partition coefficient (Wildman–Crippen LogP) is 25.6. The number of rotatable bonds is 8. The van der Waals surface area contributed by atoms with E-state index in [1.165, 1.54) is 43.8 Å². The monoisotopic (exact) mass is 995 g/mol. The number of benzene rings is 9. The van der Waals surface area contributed by atoms with Crippen molar-refractivity contribution < 1.29 is 0 Å². The van der Waals surface area contributed by atoms with Gasteiger partial charge in [-0.25, -0.2) is 0 Å². The van der Waals surface area contributed by atoms with Crippen LogP contribution in [-0.2, 0) is 0 Å². The lowest BCUT2D eigenvalue weighted by Crippen LogP contribution is -2.11. The molecule has 9 aromatic carbocycles. The number of para-hydroxylation sites is 4. The van der Waals surface area contributed by atoms with Gasteiger partial charge in [0.1, 0.15) is 0 Å². The summed E-state index contributed by atoms with van der Waals surface area (Å²) in [5, 5.41) is 4.86. The van der Waals surface area contributed by atoms with Gasteiger partial charge in [-0.2, -0.15) is 0 Å². The Morgan fingerprint density at radius 3 is 0.730 bits per heavy atom. The van der Waals surface area contributed by atoms with E-state index in [-0.39, 0.29) is 0 Å². The lowest BCUT2D eigenvalue weighted by Gasteiger charge is -2.28. The summed E-state index contributed by atoms with van der Waals surface area (Å²) in [5.74, 6) is 0. The molecule has 2 heteroatoms. The van der Waals surface area contributed by atoms with Gasteiger partial charge in [-0.15, -0.1) is 0 Å². The molecule has 0 N–H and O–H groups in total. The molecule has 0 aliphatic carbocycles. The van der Waals surface area contributed by atoms with Gasteiger partial charge in [0.2, 0.25) is 0 Å². The molecule has 9 aromatic rings. The van der Waals surface area contributed by atoms with Crippen LogP contribution in [0, 0.1) is 0 Å². The fourth-order valence-corrected chi connectivity index (χ4v) is 7.39. The fraction of sp³-hybridized carbons (Fsp3) is 0.306. The Hall–Kier alpha value is -6.90. The maximum atomic E-state index is 2.37. The van der Waals surface area contributed by atoms with Crippen LogP contribution < -0.4 is 9.80 Å². The van der Waals surface area contributed by atoms with Crippen LogP contribution in [-0.4, -0.2) is 0 Å². The van der Waals surface area contributed by atoms with E-state index in [1.54, 1.807) is 0 Å². The molecule has 0 radical (unpaired) electrons. The van der Waals surface area contributed by atoms with Crippen molar-refractivity contribution in [2.75, 3.05) is 9.80 Å². The molecule has 0 amide bonds. The fourth-order valence-electron chi connectivity index (χ4n) is 7.39. The van der Waals surface area contributed by atoms with Gasteiger partial charge in [0, 0.05) is 33.9 Å². The lowest BCUT2D eigenvalue weighted by atomic mass is 9.98. The van der Waals surface area contributed by atoms with Crippen LogP contribution in [0.5, 0.6) is 0 Å². The maximum Gasteiger partial charge on any atom is 0.0540 e. The highest BCUT2D eigenvalue weighted by atomic mass is 15.1. The Labute approximate surface area is 456 Å². The van der Waals surface area contributed by atoms with Gasteiger partial charge < -0.3 is 9.80 Å². The summed E-state index contributed by atoms with van der Waals surface area (Å²) in [6.45, 7) is 44.0. The van der Waals surface area contributed by atoms with Crippen LogP contribution in [0.1, 0.15) is 152 Å². The van der Waals surface area contributed by atoms with Crippen LogP contribution in [0.25, 0.3) is 43.8 Å². The van der Waals surface area contributed by atoms with E-state index in [1.807, 2.05) is 152 Å². The van der Waals surface area contributed by atoms with E-state index in [4.69, 9.17) is 0 Å². The first kappa shape index (κ1) is 71.4. The van der Waals surface area contributed by atoms with Crippen LogP contribution >= 0.6 is 0 Å². The predicted molar refractivity (Wildman–Crippen MR) is 347 cm³/mol. The van der Waals surface area contributed by atoms with Crippen LogP contribution in [0.2, 0.25) is 0 Å². The molecule has 0 heterocycles. The van der Waals surface area contributed by atoms with Gasteiger partial charge in [0.15, 0.2) is 0 Å². The van der Waals surface area contributed by atoms with Gasteiger partial charge in [-0.1, -0.05) is 310 Å². The molecule has 0 saturated carbocycles. The highest BCUT2D eigenvalue weighted by Crippen LogP contribution is 2.44. The second kappa shape index (κ2) is 47.1. The Morgan fingerprint density at radius 2 is 0.446 bits per heavy atom. The first-order valence-corrected chi connectivity index (χ1v) is 28.8. The van der Waals surface area contributed by atoms with Crippen molar-refractivity contribution in [3.63, 3.8) is 0 Å². The summed E-state index contributed by atoms with van der Waals surface area (Å²) >= 11 is 0. The topological polar surface area (TPSA) is 6.48 Å². The van der Waals surface area contributed by atoms with E-state index < -0.39 is 0 Å². The lowest BCUT2D eigenvalue weighted by molar-refractivity contribution is 1.29. The standard InChI is InChI=1S/C50H36N2.11C2H6/c1-5-17-37(18-6-1)47-25-13-15-27-49(47)51(41-21-9-3-10-22-41)43-31-33-45-39(35-43)29-30-40-36-44(32-34-46(40)45)52(42-23-11-4-12-24-42)50-28-16-14-26-48(50)38-19-7-2-8-20-38;11*1-2/h1-36H;11*1-2H3. The SMILES string of the molecule is CC.CC.CC.CC.CC.CC.CC.CC.CC.CC.CC.c1ccc(-c2ccccc2N(c2ccccc2)c2ccc3c(ccc4cc(N(c5ccccc5)c5ccccc5-c5ccccc5)ccc43)c2)cc1. The van der Waals surface area contributed by atoms with Crippen LogP contribution in [0.4, 0.5) is 34.1 Å². The minimum absolute atomic E-state index is 1.12. The zero-order valence-electron chi connectivity index (χ0n) is 50.7. The number of hydrogen-bond acceptors (Lipinski definition) is 2. The van der Waals surface area contributed by atoms with Crippen LogP contribution in [0.15, 0.2) is 218 Å². The van der Waals surface area contributed by atoms with Gasteiger partial charge in [-0.05, 0) is 93.3 Å². The molecule has 0 bridgehead atoms. The van der Waals surface area contributed by atoms with E-state index >= 15 is 0 Å².